The Morgan fingerprint density at radius 1 is 1.12 bits per heavy atom. The molecule has 0 aliphatic heterocycles. The topological polar surface area (TPSA) is 46.9 Å². The molecule has 1 N–H and O–H groups in total. The molecule has 4 nitrogen and oxygen atoms in total. The maximum Gasteiger partial charge on any atom is 0.255 e. The molecule has 4 heteroatoms. The highest BCUT2D eigenvalue weighted by Gasteiger charge is 2.23. The summed E-state index contributed by atoms with van der Waals surface area (Å²) in [5.74, 6) is -0.0543. The molecule has 0 saturated carbocycles. The summed E-state index contributed by atoms with van der Waals surface area (Å²) >= 11 is 0. The molecule has 2 aromatic carbocycles. The fraction of sp³-hybridized carbons (Fsp3) is 0.238. The van der Waals surface area contributed by atoms with Gasteiger partial charge in [-0.1, -0.05) is 42.5 Å². The number of hydrogen-bond acceptors (Lipinski definition) is 2. The lowest BCUT2D eigenvalue weighted by Crippen LogP contribution is -2.31. The lowest BCUT2D eigenvalue weighted by Gasteiger charge is -2.26. The normalized spacial score (nSPS) is 16.3. The van der Waals surface area contributed by atoms with Crippen LogP contribution < -0.4 is 5.32 Å². The minimum atomic E-state index is -0.0543. The maximum absolute atomic E-state index is 12.8. The van der Waals surface area contributed by atoms with E-state index < -0.39 is 0 Å². The standard InChI is InChI=1S/C21H21N3O/c1-15-19(14-22-24(15)17-10-3-2-4-11-17)21(25)23-20-13-7-9-16-8-5-6-12-18(16)20/h2-6,8,10-12,14,20H,7,9,13H2,1H3,(H,23,25). The zero-order chi connectivity index (χ0) is 17.2. The second kappa shape index (κ2) is 6.55. The van der Waals surface area contributed by atoms with Crippen molar-refractivity contribution in [3.63, 3.8) is 0 Å². The summed E-state index contributed by atoms with van der Waals surface area (Å²) < 4.78 is 1.81. The molecule has 0 radical (unpaired) electrons. The van der Waals surface area contributed by atoms with Crippen molar-refractivity contribution in [1.82, 2.24) is 15.1 Å². The van der Waals surface area contributed by atoms with Crippen molar-refractivity contribution in [1.29, 1.82) is 0 Å². The third kappa shape index (κ3) is 2.95. The van der Waals surface area contributed by atoms with Gasteiger partial charge in [0.15, 0.2) is 0 Å². The van der Waals surface area contributed by atoms with E-state index in [1.807, 2.05) is 48.0 Å². The molecule has 1 amide bonds. The number of hydrogen-bond donors (Lipinski definition) is 1. The maximum atomic E-state index is 12.8. The molecule has 126 valence electrons. The first-order valence-corrected chi connectivity index (χ1v) is 8.73. The molecule has 1 unspecified atom stereocenters. The van der Waals surface area contributed by atoms with Crippen LogP contribution in [0.5, 0.6) is 0 Å². The molecule has 1 aromatic heterocycles. The summed E-state index contributed by atoms with van der Waals surface area (Å²) in [6, 6.07) is 18.3. The first-order valence-electron chi connectivity index (χ1n) is 8.73. The Kier molecular flexibility index (Phi) is 4.10. The first kappa shape index (κ1) is 15.6. The first-order chi connectivity index (χ1) is 12.2. The smallest absolute Gasteiger partial charge is 0.255 e. The molecule has 1 aliphatic carbocycles. The van der Waals surface area contributed by atoms with Crippen LogP contribution in [0.3, 0.4) is 0 Å². The van der Waals surface area contributed by atoms with Crippen molar-refractivity contribution in [3.05, 3.63) is 83.2 Å². The second-order valence-corrected chi connectivity index (χ2v) is 6.51. The number of carbonyl (C=O) groups is 1. The molecule has 1 heterocycles. The van der Waals surface area contributed by atoms with E-state index in [0.717, 1.165) is 30.6 Å². The van der Waals surface area contributed by atoms with Crippen LogP contribution in [-0.4, -0.2) is 15.7 Å². The zero-order valence-corrected chi connectivity index (χ0v) is 14.3. The quantitative estimate of drug-likeness (QED) is 0.789. The van der Waals surface area contributed by atoms with Gasteiger partial charge in [-0.3, -0.25) is 4.79 Å². The highest BCUT2D eigenvalue weighted by Crippen LogP contribution is 2.29. The van der Waals surface area contributed by atoms with E-state index in [1.165, 1.54) is 11.1 Å². The van der Waals surface area contributed by atoms with Gasteiger partial charge in [-0.15, -0.1) is 0 Å². The molecule has 4 rings (SSSR count). The van der Waals surface area contributed by atoms with Gasteiger partial charge in [0.1, 0.15) is 0 Å². The Balaban J connectivity index is 1.58. The molecular formula is C21H21N3O. The fourth-order valence-corrected chi connectivity index (χ4v) is 3.60. The molecular weight excluding hydrogens is 310 g/mol. The summed E-state index contributed by atoms with van der Waals surface area (Å²) in [6.45, 7) is 1.93. The van der Waals surface area contributed by atoms with Crippen molar-refractivity contribution >= 4 is 5.91 Å². The zero-order valence-electron chi connectivity index (χ0n) is 14.3. The molecule has 0 fully saturated rings. The number of carbonyl (C=O) groups excluding carboxylic acids is 1. The van der Waals surface area contributed by atoms with Gasteiger partial charge in [-0.2, -0.15) is 5.10 Å². The average molecular weight is 331 g/mol. The van der Waals surface area contributed by atoms with Crippen molar-refractivity contribution < 1.29 is 4.79 Å². The van der Waals surface area contributed by atoms with Gasteiger partial charge in [0.2, 0.25) is 0 Å². The Labute approximate surface area is 147 Å². The number of amides is 1. The van der Waals surface area contributed by atoms with Crippen molar-refractivity contribution in [2.24, 2.45) is 0 Å². The van der Waals surface area contributed by atoms with E-state index >= 15 is 0 Å². The number of para-hydroxylation sites is 1. The van der Waals surface area contributed by atoms with Crippen LogP contribution in [0, 0.1) is 6.92 Å². The SMILES string of the molecule is Cc1c(C(=O)NC2CCCc3ccccc32)cnn1-c1ccccc1. The highest BCUT2D eigenvalue weighted by atomic mass is 16.1. The Bertz CT molecular complexity index is 899. The summed E-state index contributed by atoms with van der Waals surface area (Å²) in [6.07, 6.45) is 4.83. The van der Waals surface area contributed by atoms with E-state index in [2.05, 4.69) is 28.6 Å². The van der Waals surface area contributed by atoms with Gasteiger partial charge in [0.05, 0.1) is 29.2 Å². The van der Waals surface area contributed by atoms with Gasteiger partial charge in [0.25, 0.3) is 5.91 Å². The molecule has 1 aliphatic rings. The number of benzene rings is 2. The van der Waals surface area contributed by atoms with Gasteiger partial charge < -0.3 is 5.32 Å². The summed E-state index contributed by atoms with van der Waals surface area (Å²) in [7, 11) is 0. The molecule has 1 atom stereocenters. The summed E-state index contributed by atoms with van der Waals surface area (Å²) in [4.78, 5) is 12.8. The van der Waals surface area contributed by atoms with Crippen LogP contribution in [0.2, 0.25) is 0 Å². The van der Waals surface area contributed by atoms with E-state index in [4.69, 9.17) is 0 Å². The van der Waals surface area contributed by atoms with Crippen LogP contribution >= 0.6 is 0 Å². The molecule has 0 bridgehead atoms. The monoisotopic (exact) mass is 331 g/mol. The number of nitrogens with zero attached hydrogens (tertiary/aromatic N) is 2. The van der Waals surface area contributed by atoms with Crippen LogP contribution in [0.1, 0.15) is 46.1 Å². The number of aryl methyl sites for hydroxylation is 1. The van der Waals surface area contributed by atoms with Crippen LogP contribution in [0.15, 0.2) is 60.8 Å². The van der Waals surface area contributed by atoms with Gasteiger partial charge >= 0.3 is 0 Å². The number of nitrogens with one attached hydrogen (secondary N) is 1. The second-order valence-electron chi connectivity index (χ2n) is 6.51. The van der Waals surface area contributed by atoms with Crippen LogP contribution in [-0.2, 0) is 6.42 Å². The number of rotatable bonds is 3. The minimum Gasteiger partial charge on any atom is -0.345 e. The summed E-state index contributed by atoms with van der Waals surface area (Å²) in [5.41, 5.74) is 5.03. The van der Waals surface area contributed by atoms with Crippen LogP contribution in [0.4, 0.5) is 0 Å². The molecule has 25 heavy (non-hydrogen) atoms. The van der Waals surface area contributed by atoms with Crippen molar-refractivity contribution in [2.75, 3.05) is 0 Å². The molecule has 0 spiro atoms. The van der Waals surface area contributed by atoms with Crippen LogP contribution in [0.25, 0.3) is 5.69 Å². The lowest BCUT2D eigenvalue weighted by atomic mass is 9.87. The number of aromatic nitrogens is 2. The lowest BCUT2D eigenvalue weighted by molar-refractivity contribution is 0.0932. The van der Waals surface area contributed by atoms with Gasteiger partial charge in [-0.05, 0) is 49.4 Å². The Morgan fingerprint density at radius 2 is 1.88 bits per heavy atom. The van der Waals surface area contributed by atoms with Gasteiger partial charge in [0, 0.05) is 0 Å². The third-order valence-corrected chi connectivity index (χ3v) is 4.93. The highest BCUT2D eigenvalue weighted by molar-refractivity contribution is 5.95. The number of fused-ring (bicyclic) bond motifs is 1. The van der Waals surface area contributed by atoms with E-state index in [9.17, 15) is 4.79 Å². The largest absolute Gasteiger partial charge is 0.345 e. The summed E-state index contributed by atoms with van der Waals surface area (Å²) in [5, 5.41) is 7.60. The van der Waals surface area contributed by atoms with E-state index in [0.29, 0.717) is 5.56 Å². The molecule has 3 aromatic rings. The average Bonchev–Trinajstić information content (AvgIpc) is 3.04. The van der Waals surface area contributed by atoms with Crippen molar-refractivity contribution in [2.45, 2.75) is 32.2 Å². The third-order valence-electron chi connectivity index (χ3n) is 4.93. The van der Waals surface area contributed by atoms with Gasteiger partial charge in [-0.25, -0.2) is 4.68 Å². The van der Waals surface area contributed by atoms with Crippen molar-refractivity contribution in [3.8, 4) is 5.69 Å². The van der Waals surface area contributed by atoms with E-state index in [-0.39, 0.29) is 11.9 Å². The predicted molar refractivity (Wildman–Crippen MR) is 97.9 cm³/mol. The predicted octanol–water partition coefficient (Wildman–Crippen LogP) is 3.99. The van der Waals surface area contributed by atoms with E-state index in [1.54, 1.807) is 6.20 Å². The Hall–Kier alpha value is -2.88. The fourth-order valence-electron chi connectivity index (χ4n) is 3.60. The minimum absolute atomic E-state index is 0.0543. The Morgan fingerprint density at radius 3 is 2.72 bits per heavy atom. The molecule has 0 saturated heterocycles.